The lowest BCUT2D eigenvalue weighted by Gasteiger charge is -2.26. The molecule has 1 aromatic rings. The van der Waals surface area contributed by atoms with Crippen LogP contribution in [-0.4, -0.2) is 11.2 Å². The third-order valence-corrected chi connectivity index (χ3v) is 3.42. The molecule has 1 N–H and O–H groups in total. The van der Waals surface area contributed by atoms with Gasteiger partial charge >= 0.3 is 6.18 Å². The van der Waals surface area contributed by atoms with Crippen molar-refractivity contribution in [2.75, 3.05) is 0 Å². The molecule has 0 radical (unpaired) electrons. The van der Waals surface area contributed by atoms with E-state index in [1.165, 1.54) is 6.07 Å². The first-order valence-corrected chi connectivity index (χ1v) is 5.92. The van der Waals surface area contributed by atoms with Crippen LogP contribution in [0.15, 0.2) is 18.2 Å². The van der Waals surface area contributed by atoms with Crippen molar-refractivity contribution in [3.8, 4) is 0 Å². The van der Waals surface area contributed by atoms with Crippen molar-refractivity contribution in [3.05, 3.63) is 35.1 Å². The molecule has 0 bridgehead atoms. The molecule has 0 saturated heterocycles. The second-order valence-electron chi connectivity index (χ2n) is 4.75. The van der Waals surface area contributed by atoms with Crippen molar-refractivity contribution in [2.45, 2.75) is 43.9 Å². The van der Waals surface area contributed by atoms with Gasteiger partial charge in [-0.25, -0.2) is 4.39 Å². The molecule has 1 saturated carbocycles. The Hall–Kier alpha value is -1.10. The van der Waals surface area contributed by atoms with Crippen LogP contribution in [0.5, 0.6) is 0 Å². The lowest BCUT2D eigenvalue weighted by molar-refractivity contribution is -0.140. The zero-order chi connectivity index (χ0) is 13.3. The molecule has 2 rings (SSSR count). The molecule has 0 heterocycles. The fourth-order valence-electron chi connectivity index (χ4n) is 2.48. The number of rotatable bonds is 1. The number of hydrogen-bond acceptors (Lipinski definition) is 1. The summed E-state index contributed by atoms with van der Waals surface area (Å²) in [5.41, 5.74) is -0.693. The van der Waals surface area contributed by atoms with Gasteiger partial charge in [-0.15, -0.1) is 0 Å². The highest BCUT2D eigenvalue weighted by atomic mass is 19.4. The van der Waals surface area contributed by atoms with E-state index in [1.54, 1.807) is 0 Å². The molecule has 18 heavy (non-hydrogen) atoms. The van der Waals surface area contributed by atoms with Crippen molar-refractivity contribution < 1.29 is 22.7 Å². The lowest BCUT2D eigenvalue weighted by Crippen LogP contribution is -2.18. The third-order valence-electron chi connectivity index (χ3n) is 3.42. The van der Waals surface area contributed by atoms with E-state index in [1.807, 2.05) is 0 Å². The largest absolute Gasteiger partial charge is 0.419 e. The summed E-state index contributed by atoms with van der Waals surface area (Å²) in [6.07, 6.45) is -2.30. The van der Waals surface area contributed by atoms with Crippen LogP contribution >= 0.6 is 0 Å². The van der Waals surface area contributed by atoms with Gasteiger partial charge < -0.3 is 5.11 Å². The van der Waals surface area contributed by atoms with Crippen molar-refractivity contribution in [2.24, 2.45) is 0 Å². The smallest absolute Gasteiger partial charge is 0.393 e. The Morgan fingerprint density at radius 3 is 2.44 bits per heavy atom. The Labute approximate surface area is 102 Å². The molecule has 2 unspecified atom stereocenters. The summed E-state index contributed by atoms with van der Waals surface area (Å²) in [6.45, 7) is 0. The second kappa shape index (κ2) is 4.88. The molecule has 0 amide bonds. The van der Waals surface area contributed by atoms with Crippen LogP contribution in [0.1, 0.15) is 42.7 Å². The zero-order valence-electron chi connectivity index (χ0n) is 9.67. The van der Waals surface area contributed by atoms with E-state index >= 15 is 0 Å². The minimum absolute atomic E-state index is 0.0504. The van der Waals surface area contributed by atoms with Gasteiger partial charge in [-0.2, -0.15) is 13.2 Å². The maximum absolute atomic E-state index is 13.4. The summed E-state index contributed by atoms with van der Waals surface area (Å²) in [6, 6.07) is 3.05. The first-order chi connectivity index (χ1) is 8.38. The van der Waals surface area contributed by atoms with Gasteiger partial charge in [-0.05, 0) is 42.9 Å². The predicted molar refractivity (Wildman–Crippen MR) is 58.6 cm³/mol. The molecule has 1 aromatic carbocycles. The Balaban J connectivity index is 2.23. The van der Waals surface area contributed by atoms with E-state index < -0.39 is 23.7 Å². The molecule has 1 nitrogen and oxygen atoms in total. The second-order valence-corrected chi connectivity index (χ2v) is 4.75. The summed E-state index contributed by atoms with van der Waals surface area (Å²) in [4.78, 5) is 0. The van der Waals surface area contributed by atoms with E-state index in [2.05, 4.69) is 0 Å². The minimum atomic E-state index is -4.66. The number of hydrogen-bond donors (Lipinski definition) is 1. The van der Waals surface area contributed by atoms with Crippen LogP contribution in [0.25, 0.3) is 0 Å². The van der Waals surface area contributed by atoms with Gasteiger partial charge in [0.1, 0.15) is 5.82 Å². The van der Waals surface area contributed by atoms with Crippen molar-refractivity contribution in [1.29, 1.82) is 0 Å². The van der Waals surface area contributed by atoms with Gasteiger partial charge in [0.05, 0.1) is 11.7 Å². The predicted octanol–water partition coefficient (Wildman–Crippen LogP) is 3.86. The molecule has 5 heteroatoms. The summed E-state index contributed by atoms with van der Waals surface area (Å²) in [5.74, 6) is -1.29. The van der Waals surface area contributed by atoms with Crippen LogP contribution in [0.3, 0.4) is 0 Å². The summed E-state index contributed by atoms with van der Waals surface area (Å²) in [7, 11) is 0. The molecule has 1 aliphatic carbocycles. The molecule has 100 valence electrons. The molecule has 0 aliphatic heterocycles. The summed E-state index contributed by atoms with van der Waals surface area (Å²) < 4.78 is 50.6. The monoisotopic (exact) mass is 262 g/mol. The summed E-state index contributed by atoms with van der Waals surface area (Å²) >= 11 is 0. The lowest BCUT2D eigenvalue weighted by atomic mass is 9.82. The van der Waals surface area contributed by atoms with Crippen LogP contribution in [-0.2, 0) is 6.18 Å². The fraction of sp³-hybridized carbons (Fsp3) is 0.538. The maximum Gasteiger partial charge on any atom is 0.419 e. The SMILES string of the molecule is OC1CCCC(c2ccc(C(F)(F)F)c(F)c2)C1. The average Bonchev–Trinajstić information content (AvgIpc) is 2.27. The molecule has 2 atom stereocenters. The number of halogens is 4. The normalized spacial score (nSPS) is 25.2. The highest BCUT2D eigenvalue weighted by molar-refractivity contribution is 5.29. The fourth-order valence-corrected chi connectivity index (χ4v) is 2.48. The van der Waals surface area contributed by atoms with Gasteiger partial charge in [0.15, 0.2) is 0 Å². The minimum Gasteiger partial charge on any atom is -0.393 e. The van der Waals surface area contributed by atoms with Gasteiger partial charge in [0.2, 0.25) is 0 Å². The van der Waals surface area contributed by atoms with Gasteiger partial charge in [0, 0.05) is 0 Å². The third kappa shape index (κ3) is 2.83. The Bertz CT molecular complexity index is 427. The van der Waals surface area contributed by atoms with Crippen molar-refractivity contribution >= 4 is 0 Å². The molecule has 0 spiro atoms. The van der Waals surface area contributed by atoms with Crippen LogP contribution < -0.4 is 0 Å². The van der Waals surface area contributed by atoms with Crippen molar-refractivity contribution in [1.82, 2.24) is 0 Å². The molecule has 1 aliphatic rings. The Morgan fingerprint density at radius 2 is 1.89 bits per heavy atom. The number of alkyl halides is 3. The van der Waals surface area contributed by atoms with E-state index in [0.717, 1.165) is 25.0 Å². The van der Waals surface area contributed by atoms with Crippen LogP contribution in [0.2, 0.25) is 0 Å². The maximum atomic E-state index is 13.4. The van der Waals surface area contributed by atoms with Gasteiger partial charge in [-0.1, -0.05) is 12.5 Å². The molecular formula is C13H14F4O. The van der Waals surface area contributed by atoms with Gasteiger partial charge in [0.25, 0.3) is 0 Å². The van der Waals surface area contributed by atoms with Crippen LogP contribution in [0, 0.1) is 5.82 Å². The summed E-state index contributed by atoms with van der Waals surface area (Å²) in [5, 5.41) is 9.52. The zero-order valence-corrected chi connectivity index (χ0v) is 9.67. The number of aliphatic hydroxyl groups excluding tert-OH is 1. The standard InChI is InChI=1S/C13H14F4O/c14-12-7-9(4-5-11(12)13(15,16)17)8-2-1-3-10(18)6-8/h4-5,7-8,10,18H,1-3,6H2. The first kappa shape index (κ1) is 13.3. The number of benzene rings is 1. The topological polar surface area (TPSA) is 20.2 Å². The highest BCUT2D eigenvalue weighted by Gasteiger charge is 2.34. The van der Waals surface area contributed by atoms with E-state index in [9.17, 15) is 22.7 Å². The quantitative estimate of drug-likeness (QED) is 0.762. The van der Waals surface area contributed by atoms with Crippen molar-refractivity contribution in [3.63, 3.8) is 0 Å². The van der Waals surface area contributed by atoms with E-state index in [0.29, 0.717) is 18.4 Å². The highest BCUT2D eigenvalue weighted by Crippen LogP contribution is 2.36. The molecule has 0 aromatic heterocycles. The van der Waals surface area contributed by atoms with E-state index in [4.69, 9.17) is 0 Å². The Morgan fingerprint density at radius 1 is 1.17 bits per heavy atom. The van der Waals surface area contributed by atoms with Gasteiger partial charge in [-0.3, -0.25) is 0 Å². The first-order valence-electron chi connectivity index (χ1n) is 5.92. The Kier molecular flexibility index (Phi) is 3.61. The van der Waals surface area contributed by atoms with E-state index in [-0.39, 0.29) is 5.92 Å². The number of aliphatic hydroxyl groups is 1. The molecule has 1 fully saturated rings. The average molecular weight is 262 g/mol. The molecular weight excluding hydrogens is 248 g/mol. The van der Waals surface area contributed by atoms with Crippen LogP contribution in [0.4, 0.5) is 17.6 Å².